The fourth-order valence-corrected chi connectivity index (χ4v) is 3.13. The maximum Gasteiger partial charge on any atom is 0.255 e. The second kappa shape index (κ2) is 12.6. The minimum atomic E-state index is -0.293. The van der Waals surface area contributed by atoms with E-state index in [1.807, 2.05) is 6.92 Å². The second-order valence-electron chi connectivity index (χ2n) is 5.84. The summed E-state index contributed by atoms with van der Waals surface area (Å²) in [6.45, 7) is 6.60. The lowest BCUT2D eigenvalue weighted by Crippen LogP contribution is -2.41. The van der Waals surface area contributed by atoms with Crippen LogP contribution in [0.2, 0.25) is 0 Å². The Bertz CT molecular complexity index is 722. The Labute approximate surface area is 181 Å². The Kier molecular flexibility index (Phi) is 10.8. The highest BCUT2D eigenvalue weighted by molar-refractivity contribution is 14.0. The Morgan fingerprint density at radius 2 is 1.89 bits per heavy atom. The molecule has 27 heavy (non-hydrogen) atoms. The number of aliphatic imine (C=N–C) groups is 1. The monoisotopic (exact) mass is 502 g/mol. The number of carbonyl (C=O) groups excluding carboxylic acids is 1. The highest BCUT2D eigenvalue weighted by Crippen LogP contribution is 2.20. The van der Waals surface area contributed by atoms with Crippen molar-refractivity contribution in [2.75, 3.05) is 26.2 Å². The van der Waals surface area contributed by atoms with Crippen LogP contribution in [0.4, 0.5) is 0 Å². The Balaban J connectivity index is 0.00000364. The van der Waals surface area contributed by atoms with Crippen molar-refractivity contribution in [1.82, 2.24) is 16.0 Å². The molecule has 0 saturated heterocycles. The molecule has 1 aromatic heterocycles. The molecule has 0 saturated carbocycles. The van der Waals surface area contributed by atoms with Gasteiger partial charge < -0.3 is 21.1 Å². The van der Waals surface area contributed by atoms with Crippen LogP contribution in [-0.2, 0) is 0 Å². The third-order valence-electron chi connectivity index (χ3n) is 3.75. The molecule has 1 amide bonds. The minimum absolute atomic E-state index is 0. The summed E-state index contributed by atoms with van der Waals surface area (Å²) in [5, 5.41) is 21.0. The maximum atomic E-state index is 12.0. The Morgan fingerprint density at radius 1 is 1.15 bits per heavy atom. The third kappa shape index (κ3) is 7.76. The van der Waals surface area contributed by atoms with Crippen LogP contribution in [0.1, 0.15) is 35.0 Å². The topological polar surface area (TPSA) is 85.8 Å². The maximum absolute atomic E-state index is 12.0. The zero-order valence-electron chi connectivity index (χ0n) is 15.6. The average Bonchev–Trinajstić information content (AvgIpc) is 3.18. The number of nitrogens with zero attached hydrogens (tertiary/aromatic N) is 1. The highest BCUT2D eigenvalue weighted by Gasteiger charge is 2.09. The molecule has 1 aromatic carbocycles. The van der Waals surface area contributed by atoms with Crippen molar-refractivity contribution in [3.8, 4) is 5.75 Å². The van der Waals surface area contributed by atoms with Crippen LogP contribution < -0.4 is 16.0 Å². The van der Waals surface area contributed by atoms with Gasteiger partial charge in [0.1, 0.15) is 5.75 Å². The van der Waals surface area contributed by atoms with Crippen molar-refractivity contribution in [2.45, 2.75) is 19.8 Å². The number of phenols is 1. The molecule has 2 aromatic rings. The average molecular weight is 502 g/mol. The lowest BCUT2D eigenvalue weighted by atomic mass is 10.1. The number of thiophene rings is 1. The molecule has 1 atom stereocenters. The molecular formula is C19H27IN4O2S. The van der Waals surface area contributed by atoms with E-state index in [4.69, 9.17) is 0 Å². The lowest BCUT2D eigenvalue weighted by molar-refractivity contribution is 0.0951. The number of nitrogens with one attached hydrogen (secondary N) is 3. The zero-order chi connectivity index (χ0) is 18.8. The van der Waals surface area contributed by atoms with Crippen molar-refractivity contribution in [3.05, 3.63) is 52.2 Å². The number of guanidine groups is 1. The van der Waals surface area contributed by atoms with Gasteiger partial charge in [0.25, 0.3) is 5.91 Å². The van der Waals surface area contributed by atoms with E-state index in [0.717, 1.165) is 12.5 Å². The summed E-state index contributed by atoms with van der Waals surface area (Å²) in [7, 11) is 0. The van der Waals surface area contributed by atoms with Crippen LogP contribution in [0.3, 0.4) is 0 Å². The smallest absolute Gasteiger partial charge is 0.255 e. The van der Waals surface area contributed by atoms with Gasteiger partial charge in [0, 0.05) is 30.4 Å². The van der Waals surface area contributed by atoms with Crippen molar-refractivity contribution < 1.29 is 9.90 Å². The molecular weight excluding hydrogens is 475 g/mol. The van der Waals surface area contributed by atoms with Gasteiger partial charge in [0.05, 0.1) is 12.1 Å². The van der Waals surface area contributed by atoms with Gasteiger partial charge in [-0.2, -0.15) is 0 Å². The van der Waals surface area contributed by atoms with Crippen LogP contribution in [-0.4, -0.2) is 43.2 Å². The number of para-hydroxylation sites is 1. The number of aromatic hydroxyl groups is 1. The summed E-state index contributed by atoms with van der Waals surface area (Å²) in [5.74, 6) is 0.785. The number of hydrogen-bond acceptors (Lipinski definition) is 4. The third-order valence-corrected chi connectivity index (χ3v) is 4.85. The molecule has 148 valence electrons. The standard InChI is InChI=1S/C19H26N4O2S.HI/c1-3-20-19(23-13-14(2)17-9-6-12-26-17)22-11-10-21-18(25)15-7-4-5-8-16(15)24;/h4-9,12,14,24H,3,10-11,13H2,1-2H3,(H,21,25)(H2,20,22,23);1H. The van der Waals surface area contributed by atoms with E-state index in [9.17, 15) is 9.90 Å². The molecule has 0 bridgehead atoms. The van der Waals surface area contributed by atoms with Crippen molar-refractivity contribution in [3.63, 3.8) is 0 Å². The van der Waals surface area contributed by atoms with Crippen LogP contribution in [0.25, 0.3) is 0 Å². The van der Waals surface area contributed by atoms with Gasteiger partial charge in [0.15, 0.2) is 5.96 Å². The van der Waals surface area contributed by atoms with E-state index in [1.54, 1.807) is 29.5 Å². The predicted octanol–water partition coefficient (Wildman–Crippen LogP) is 3.16. The number of halogens is 1. The van der Waals surface area contributed by atoms with Gasteiger partial charge in [-0.3, -0.25) is 9.79 Å². The van der Waals surface area contributed by atoms with Gasteiger partial charge in [0.2, 0.25) is 0 Å². The molecule has 0 radical (unpaired) electrons. The van der Waals surface area contributed by atoms with Gasteiger partial charge in [-0.25, -0.2) is 0 Å². The molecule has 0 fully saturated rings. The molecule has 2 rings (SSSR count). The summed E-state index contributed by atoms with van der Waals surface area (Å²) in [6.07, 6.45) is 0. The quantitative estimate of drug-likeness (QED) is 0.193. The normalized spacial score (nSPS) is 12.0. The largest absolute Gasteiger partial charge is 0.507 e. The first kappa shape index (κ1) is 23.2. The SMILES string of the molecule is CCNC(=NCC(C)c1cccs1)NCCNC(=O)c1ccccc1O.I. The molecule has 0 spiro atoms. The highest BCUT2D eigenvalue weighted by atomic mass is 127. The van der Waals surface area contributed by atoms with E-state index in [0.29, 0.717) is 25.6 Å². The molecule has 8 heteroatoms. The summed E-state index contributed by atoms with van der Waals surface area (Å²) < 4.78 is 0. The molecule has 0 aliphatic rings. The van der Waals surface area contributed by atoms with Gasteiger partial charge >= 0.3 is 0 Å². The molecule has 0 aliphatic carbocycles. The van der Waals surface area contributed by atoms with Crippen molar-refractivity contribution in [2.24, 2.45) is 4.99 Å². The van der Waals surface area contributed by atoms with E-state index in [2.05, 4.69) is 45.4 Å². The zero-order valence-corrected chi connectivity index (χ0v) is 18.7. The number of benzene rings is 1. The summed E-state index contributed by atoms with van der Waals surface area (Å²) in [6, 6.07) is 10.7. The molecule has 1 heterocycles. The number of phenolic OH excluding ortho intramolecular Hbond substituents is 1. The van der Waals surface area contributed by atoms with E-state index in [1.165, 1.54) is 10.9 Å². The summed E-state index contributed by atoms with van der Waals surface area (Å²) in [5.41, 5.74) is 0.276. The van der Waals surface area contributed by atoms with Crippen LogP contribution in [0, 0.1) is 0 Å². The Hall–Kier alpha value is -1.81. The van der Waals surface area contributed by atoms with Crippen LogP contribution >= 0.6 is 35.3 Å². The second-order valence-corrected chi connectivity index (χ2v) is 6.82. The van der Waals surface area contributed by atoms with Crippen molar-refractivity contribution in [1.29, 1.82) is 0 Å². The minimum Gasteiger partial charge on any atom is -0.507 e. The first-order valence-corrected chi connectivity index (χ1v) is 9.61. The number of amides is 1. The first-order valence-electron chi connectivity index (χ1n) is 8.73. The van der Waals surface area contributed by atoms with E-state index in [-0.39, 0.29) is 41.2 Å². The summed E-state index contributed by atoms with van der Waals surface area (Å²) in [4.78, 5) is 18.0. The van der Waals surface area contributed by atoms with E-state index < -0.39 is 0 Å². The fraction of sp³-hybridized carbons (Fsp3) is 0.368. The number of carbonyl (C=O) groups is 1. The lowest BCUT2D eigenvalue weighted by Gasteiger charge is -2.13. The van der Waals surface area contributed by atoms with Crippen LogP contribution in [0.5, 0.6) is 5.75 Å². The van der Waals surface area contributed by atoms with Gasteiger partial charge in [-0.05, 0) is 30.5 Å². The van der Waals surface area contributed by atoms with Crippen LogP contribution in [0.15, 0.2) is 46.8 Å². The Morgan fingerprint density at radius 3 is 2.56 bits per heavy atom. The van der Waals surface area contributed by atoms with Crippen molar-refractivity contribution >= 4 is 47.2 Å². The molecule has 4 N–H and O–H groups in total. The number of rotatable bonds is 8. The number of hydrogen-bond donors (Lipinski definition) is 4. The van der Waals surface area contributed by atoms with E-state index >= 15 is 0 Å². The molecule has 0 aliphatic heterocycles. The van der Waals surface area contributed by atoms with Gasteiger partial charge in [-0.1, -0.05) is 25.1 Å². The molecule has 6 nitrogen and oxygen atoms in total. The first-order chi connectivity index (χ1) is 12.6. The molecule has 1 unspecified atom stereocenters. The predicted molar refractivity (Wildman–Crippen MR) is 123 cm³/mol. The fourth-order valence-electron chi connectivity index (χ4n) is 2.35. The summed E-state index contributed by atoms with van der Waals surface area (Å²) >= 11 is 1.74. The van der Waals surface area contributed by atoms with Gasteiger partial charge in [-0.15, -0.1) is 35.3 Å².